The van der Waals surface area contributed by atoms with Crippen molar-refractivity contribution in [2.75, 3.05) is 6.61 Å². The minimum atomic E-state index is -0.601. The fourth-order valence-electron chi connectivity index (χ4n) is 1.30. The number of aliphatic hydroxyl groups excluding tert-OH is 1. The van der Waals surface area contributed by atoms with Gasteiger partial charge in [0.25, 0.3) is 5.91 Å². The van der Waals surface area contributed by atoms with Crippen LogP contribution in [-0.2, 0) is 0 Å². The number of nitrogens with one attached hydrogen (secondary N) is 1. The molecule has 0 aliphatic carbocycles. The Kier molecular flexibility index (Phi) is 4.10. The molecule has 1 rings (SSSR count). The van der Waals surface area contributed by atoms with Crippen LogP contribution >= 0.6 is 15.9 Å². The quantitative estimate of drug-likeness (QED) is 0.895. The monoisotopic (exact) mass is 285 g/mol. The summed E-state index contributed by atoms with van der Waals surface area (Å²) in [6, 6.07) is 5.48. The van der Waals surface area contributed by atoms with E-state index in [9.17, 15) is 4.79 Å². The van der Waals surface area contributed by atoms with E-state index in [1.165, 1.54) is 0 Å². The fourth-order valence-corrected chi connectivity index (χ4v) is 1.77. The lowest BCUT2D eigenvalue weighted by molar-refractivity contribution is 0.0868. The molecule has 0 heterocycles. The second-order valence-electron chi connectivity index (χ2n) is 4.46. The lowest BCUT2D eigenvalue weighted by Crippen LogP contribution is -2.46. The van der Waals surface area contributed by atoms with Crippen molar-refractivity contribution in [3.8, 4) is 0 Å². The SMILES string of the molecule is Cc1cc(Br)ccc1C(=O)NC(C)(C)CO. The van der Waals surface area contributed by atoms with E-state index in [0.717, 1.165) is 10.0 Å². The third kappa shape index (κ3) is 3.32. The largest absolute Gasteiger partial charge is 0.394 e. The number of halogens is 1. The molecule has 0 aromatic heterocycles. The predicted molar refractivity (Wildman–Crippen MR) is 67.5 cm³/mol. The van der Waals surface area contributed by atoms with Crippen molar-refractivity contribution in [2.45, 2.75) is 26.3 Å². The van der Waals surface area contributed by atoms with Gasteiger partial charge in [0.15, 0.2) is 0 Å². The van der Waals surface area contributed by atoms with Crippen LogP contribution in [0.4, 0.5) is 0 Å². The molecule has 0 aliphatic heterocycles. The van der Waals surface area contributed by atoms with Crippen molar-refractivity contribution >= 4 is 21.8 Å². The number of carbonyl (C=O) groups excluding carboxylic acids is 1. The second kappa shape index (κ2) is 4.97. The van der Waals surface area contributed by atoms with Gasteiger partial charge in [-0.05, 0) is 44.5 Å². The summed E-state index contributed by atoms with van der Waals surface area (Å²) in [7, 11) is 0. The highest BCUT2D eigenvalue weighted by atomic mass is 79.9. The molecule has 1 aromatic carbocycles. The first-order valence-corrected chi connectivity index (χ1v) is 5.84. The average Bonchev–Trinajstić information content (AvgIpc) is 2.16. The van der Waals surface area contributed by atoms with Gasteiger partial charge < -0.3 is 10.4 Å². The Balaban J connectivity index is 2.89. The number of aryl methyl sites for hydroxylation is 1. The zero-order valence-electron chi connectivity index (χ0n) is 9.67. The van der Waals surface area contributed by atoms with Gasteiger partial charge in [0, 0.05) is 10.0 Å². The van der Waals surface area contributed by atoms with E-state index in [-0.39, 0.29) is 12.5 Å². The van der Waals surface area contributed by atoms with Gasteiger partial charge in [0.1, 0.15) is 0 Å². The molecule has 0 radical (unpaired) electrons. The zero-order valence-corrected chi connectivity index (χ0v) is 11.3. The van der Waals surface area contributed by atoms with Crippen LogP contribution < -0.4 is 5.32 Å². The second-order valence-corrected chi connectivity index (χ2v) is 5.37. The first kappa shape index (κ1) is 13.2. The fraction of sp³-hybridized carbons (Fsp3) is 0.417. The third-order valence-electron chi connectivity index (χ3n) is 2.28. The summed E-state index contributed by atoms with van der Waals surface area (Å²) in [5, 5.41) is 11.9. The van der Waals surface area contributed by atoms with Crippen molar-refractivity contribution in [1.82, 2.24) is 5.32 Å². The normalized spacial score (nSPS) is 11.3. The van der Waals surface area contributed by atoms with Crippen molar-refractivity contribution in [1.29, 1.82) is 0 Å². The lowest BCUT2D eigenvalue weighted by Gasteiger charge is -2.23. The minimum Gasteiger partial charge on any atom is -0.394 e. The molecule has 0 saturated carbocycles. The summed E-state index contributed by atoms with van der Waals surface area (Å²) in [4.78, 5) is 11.9. The predicted octanol–water partition coefficient (Wildman–Crippen LogP) is 2.26. The molecule has 0 atom stereocenters. The van der Waals surface area contributed by atoms with Gasteiger partial charge in [-0.1, -0.05) is 15.9 Å². The number of carbonyl (C=O) groups is 1. The summed E-state index contributed by atoms with van der Waals surface area (Å²) in [5.41, 5.74) is 0.932. The molecule has 0 fully saturated rings. The van der Waals surface area contributed by atoms with E-state index in [4.69, 9.17) is 5.11 Å². The number of aliphatic hydroxyl groups is 1. The Morgan fingerprint density at radius 3 is 2.62 bits per heavy atom. The van der Waals surface area contributed by atoms with Crippen LogP contribution in [0, 0.1) is 6.92 Å². The maximum atomic E-state index is 11.9. The molecular formula is C12H16BrNO2. The highest BCUT2D eigenvalue weighted by molar-refractivity contribution is 9.10. The van der Waals surface area contributed by atoms with Gasteiger partial charge in [0.05, 0.1) is 12.1 Å². The maximum absolute atomic E-state index is 11.9. The average molecular weight is 286 g/mol. The van der Waals surface area contributed by atoms with Crippen LogP contribution in [0.15, 0.2) is 22.7 Å². The van der Waals surface area contributed by atoms with E-state index in [1.54, 1.807) is 19.9 Å². The molecule has 3 nitrogen and oxygen atoms in total. The minimum absolute atomic E-state index is 0.0890. The van der Waals surface area contributed by atoms with E-state index < -0.39 is 5.54 Å². The van der Waals surface area contributed by atoms with E-state index in [2.05, 4.69) is 21.2 Å². The zero-order chi connectivity index (χ0) is 12.3. The maximum Gasteiger partial charge on any atom is 0.252 e. The Bertz CT molecular complexity index is 402. The molecule has 2 N–H and O–H groups in total. The number of rotatable bonds is 3. The molecule has 4 heteroatoms. The van der Waals surface area contributed by atoms with Crippen molar-refractivity contribution < 1.29 is 9.90 Å². The smallest absolute Gasteiger partial charge is 0.252 e. The molecule has 1 amide bonds. The van der Waals surface area contributed by atoms with Crippen LogP contribution in [0.3, 0.4) is 0 Å². The van der Waals surface area contributed by atoms with Gasteiger partial charge in [-0.25, -0.2) is 0 Å². The highest BCUT2D eigenvalue weighted by Gasteiger charge is 2.20. The van der Waals surface area contributed by atoms with Crippen LogP contribution in [0.2, 0.25) is 0 Å². The van der Waals surface area contributed by atoms with Crippen LogP contribution in [0.25, 0.3) is 0 Å². The number of hydrogen-bond donors (Lipinski definition) is 2. The van der Waals surface area contributed by atoms with Crippen molar-refractivity contribution in [2.24, 2.45) is 0 Å². The third-order valence-corrected chi connectivity index (χ3v) is 2.77. The van der Waals surface area contributed by atoms with Gasteiger partial charge in [-0.3, -0.25) is 4.79 Å². The Hall–Kier alpha value is -0.870. The Morgan fingerprint density at radius 2 is 2.12 bits per heavy atom. The molecule has 0 spiro atoms. The van der Waals surface area contributed by atoms with Gasteiger partial charge in [-0.15, -0.1) is 0 Å². The molecule has 88 valence electrons. The number of benzene rings is 1. The van der Waals surface area contributed by atoms with Crippen LogP contribution in [-0.4, -0.2) is 23.2 Å². The first-order valence-electron chi connectivity index (χ1n) is 5.05. The van der Waals surface area contributed by atoms with Crippen LogP contribution in [0.1, 0.15) is 29.8 Å². The Morgan fingerprint density at radius 1 is 1.50 bits per heavy atom. The topological polar surface area (TPSA) is 49.3 Å². The van der Waals surface area contributed by atoms with E-state index >= 15 is 0 Å². The van der Waals surface area contributed by atoms with Crippen molar-refractivity contribution in [3.05, 3.63) is 33.8 Å². The number of hydrogen-bond acceptors (Lipinski definition) is 2. The molecule has 1 aromatic rings. The van der Waals surface area contributed by atoms with Crippen LogP contribution in [0.5, 0.6) is 0 Å². The Labute approximate surface area is 104 Å². The summed E-state index contributed by atoms with van der Waals surface area (Å²) < 4.78 is 0.947. The molecule has 0 aliphatic rings. The first-order chi connectivity index (χ1) is 7.35. The van der Waals surface area contributed by atoms with Gasteiger partial charge >= 0.3 is 0 Å². The van der Waals surface area contributed by atoms with E-state index in [0.29, 0.717) is 5.56 Å². The summed E-state index contributed by atoms with van der Waals surface area (Å²) in [6.07, 6.45) is 0. The van der Waals surface area contributed by atoms with E-state index in [1.807, 2.05) is 19.1 Å². The summed E-state index contributed by atoms with van der Waals surface area (Å²) in [6.45, 7) is 5.35. The highest BCUT2D eigenvalue weighted by Crippen LogP contribution is 2.16. The van der Waals surface area contributed by atoms with Gasteiger partial charge in [0.2, 0.25) is 0 Å². The molecule has 0 bridgehead atoms. The summed E-state index contributed by atoms with van der Waals surface area (Å²) >= 11 is 3.35. The standard InChI is InChI=1S/C12H16BrNO2/c1-8-6-9(13)4-5-10(8)11(16)14-12(2,3)7-15/h4-6,15H,7H2,1-3H3,(H,14,16). The molecule has 0 saturated heterocycles. The lowest BCUT2D eigenvalue weighted by atomic mass is 10.0. The van der Waals surface area contributed by atoms with Gasteiger partial charge in [-0.2, -0.15) is 0 Å². The molecule has 0 unspecified atom stereocenters. The molecule has 16 heavy (non-hydrogen) atoms. The number of amides is 1. The summed E-state index contributed by atoms with van der Waals surface area (Å²) in [5.74, 6) is -0.163. The van der Waals surface area contributed by atoms with Crippen molar-refractivity contribution in [3.63, 3.8) is 0 Å². The molecular weight excluding hydrogens is 270 g/mol.